The highest BCUT2D eigenvalue weighted by atomic mass is 16.4. The van der Waals surface area contributed by atoms with Crippen LogP contribution in [0.15, 0.2) is 24.3 Å². The molecule has 2 rings (SSSR count). The van der Waals surface area contributed by atoms with Gasteiger partial charge in [-0.1, -0.05) is 32.0 Å². The zero-order valence-electron chi connectivity index (χ0n) is 15.9. The maximum Gasteiger partial charge on any atom is 0.309 e. The van der Waals surface area contributed by atoms with Crippen LogP contribution in [0.5, 0.6) is 0 Å². The van der Waals surface area contributed by atoms with Crippen LogP contribution in [0.25, 0.3) is 5.69 Å². The Balaban J connectivity index is 2.15. The van der Waals surface area contributed by atoms with Gasteiger partial charge in [0.05, 0.1) is 11.1 Å². The molecule has 140 valence electrons. The van der Waals surface area contributed by atoms with E-state index in [1.165, 1.54) is 0 Å². The lowest BCUT2D eigenvalue weighted by atomic mass is 9.90. The Kier molecular flexibility index (Phi) is 5.79. The van der Waals surface area contributed by atoms with Crippen molar-refractivity contribution in [1.29, 1.82) is 0 Å². The first kappa shape index (κ1) is 19.6. The fourth-order valence-electron chi connectivity index (χ4n) is 2.56. The van der Waals surface area contributed by atoms with Crippen molar-refractivity contribution < 1.29 is 14.7 Å². The predicted octanol–water partition coefficient (Wildman–Crippen LogP) is 2.93. The minimum atomic E-state index is -0.897. The third-order valence-corrected chi connectivity index (χ3v) is 4.37. The molecule has 0 radical (unpaired) electrons. The summed E-state index contributed by atoms with van der Waals surface area (Å²) in [5, 5.41) is 16.2. The molecule has 0 atom stereocenters. The number of carbonyl (C=O) groups excluding carboxylic acids is 1. The van der Waals surface area contributed by atoms with Crippen LogP contribution in [0.4, 0.5) is 0 Å². The molecule has 0 aliphatic heterocycles. The number of nitrogens with one attached hydrogen (secondary N) is 1. The zero-order chi connectivity index (χ0) is 19.5. The van der Waals surface area contributed by atoms with Gasteiger partial charge in [0.15, 0.2) is 0 Å². The number of rotatable bonds is 7. The van der Waals surface area contributed by atoms with E-state index in [4.69, 9.17) is 5.11 Å². The van der Waals surface area contributed by atoms with Gasteiger partial charge >= 0.3 is 5.97 Å². The normalized spacial score (nSPS) is 11.6. The Hall–Kier alpha value is -2.70. The molecule has 0 saturated carbocycles. The number of aliphatic carboxylic acids is 1. The molecule has 2 N–H and O–H groups in total. The van der Waals surface area contributed by atoms with E-state index >= 15 is 0 Å². The van der Waals surface area contributed by atoms with E-state index in [-0.39, 0.29) is 12.4 Å². The van der Waals surface area contributed by atoms with Crippen LogP contribution in [0, 0.1) is 12.3 Å². The lowest BCUT2D eigenvalue weighted by molar-refractivity contribution is -0.147. The smallest absolute Gasteiger partial charge is 0.309 e. The molecular weight excluding hydrogens is 332 g/mol. The average Bonchev–Trinajstić information content (AvgIpc) is 2.96. The maximum absolute atomic E-state index is 12.3. The van der Waals surface area contributed by atoms with Crippen molar-refractivity contribution in [2.24, 2.45) is 5.41 Å². The van der Waals surface area contributed by atoms with Crippen LogP contribution >= 0.6 is 0 Å². The number of benzene rings is 1. The van der Waals surface area contributed by atoms with Crippen LogP contribution in [0.1, 0.15) is 62.0 Å². The summed E-state index contributed by atoms with van der Waals surface area (Å²) in [5.74, 6) is -0.293. The molecule has 7 nitrogen and oxygen atoms in total. The molecule has 0 saturated heterocycles. The first-order valence-corrected chi connectivity index (χ1v) is 8.68. The lowest BCUT2D eigenvalue weighted by Gasteiger charge is -2.18. The van der Waals surface area contributed by atoms with Gasteiger partial charge in [-0.25, -0.2) is 9.67 Å². The summed E-state index contributed by atoms with van der Waals surface area (Å²) in [7, 11) is 0. The van der Waals surface area contributed by atoms with Crippen molar-refractivity contribution in [1.82, 2.24) is 20.1 Å². The molecule has 1 amide bonds. The van der Waals surface area contributed by atoms with Crippen molar-refractivity contribution in [2.45, 2.75) is 47.0 Å². The van der Waals surface area contributed by atoms with E-state index in [9.17, 15) is 9.59 Å². The number of carboxylic acid groups (broad SMARTS) is 1. The first-order chi connectivity index (χ1) is 12.1. The van der Waals surface area contributed by atoms with E-state index in [2.05, 4.69) is 29.2 Å². The standard InChI is InChI=1S/C19H26N4O3/c1-12(2)14-8-6-7-9-15(14)23-13(3)21-16(22-23)17(24)20-11-10-19(4,5)18(25)26/h6-9,12H,10-11H2,1-5H3,(H,20,24)(H,25,26). The number of carbonyl (C=O) groups is 2. The molecule has 0 unspecified atom stereocenters. The number of carboxylic acids is 1. The minimum Gasteiger partial charge on any atom is -0.481 e. The third-order valence-electron chi connectivity index (χ3n) is 4.37. The number of para-hydroxylation sites is 1. The molecule has 0 bridgehead atoms. The summed E-state index contributed by atoms with van der Waals surface area (Å²) in [6.45, 7) is 9.50. The van der Waals surface area contributed by atoms with Crippen molar-refractivity contribution >= 4 is 11.9 Å². The van der Waals surface area contributed by atoms with E-state index in [0.29, 0.717) is 18.2 Å². The van der Waals surface area contributed by atoms with Crippen molar-refractivity contribution in [3.05, 3.63) is 41.5 Å². The molecule has 0 fully saturated rings. The van der Waals surface area contributed by atoms with Gasteiger partial charge in [0, 0.05) is 6.54 Å². The fourth-order valence-corrected chi connectivity index (χ4v) is 2.56. The van der Waals surface area contributed by atoms with Crippen molar-refractivity contribution in [3.8, 4) is 5.69 Å². The van der Waals surface area contributed by atoms with Crippen molar-refractivity contribution in [3.63, 3.8) is 0 Å². The summed E-state index contributed by atoms with van der Waals surface area (Å²) < 4.78 is 1.67. The lowest BCUT2D eigenvalue weighted by Crippen LogP contribution is -2.32. The number of hydrogen-bond donors (Lipinski definition) is 2. The van der Waals surface area contributed by atoms with Gasteiger partial charge in [0.1, 0.15) is 5.82 Å². The van der Waals surface area contributed by atoms with Crippen LogP contribution < -0.4 is 5.32 Å². The molecule has 26 heavy (non-hydrogen) atoms. The number of amides is 1. The summed E-state index contributed by atoms with van der Waals surface area (Å²) >= 11 is 0. The SMILES string of the molecule is Cc1nc(C(=O)NCCC(C)(C)C(=O)O)nn1-c1ccccc1C(C)C. The Labute approximate surface area is 153 Å². The fraction of sp³-hybridized carbons (Fsp3) is 0.474. The second-order valence-electron chi connectivity index (χ2n) is 7.30. The molecule has 0 spiro atoms. The molecule has 1 heterocycles. The monoisotopic (exact) mass is 358 g/mol. The third kappa shape index (κ3) is 4.28. The van der Waals surface area contributed by atoms with Gasteiger partial charge in [0.2, 0.25) is 5.82 Å². The quantitative estimate of drug-likeness (QED) is 0.793. The summed E-state index contributed by atoms with van der Waals surface area (Å²) in [5.41, 5.74) is 1.13. The van der Waals surface area contributed by atoms with Crippen LogP contribution in [0.2, 0.25) is 0 Å². The predicted molar refractivity (Wildman–Crippen MR) is 98.6 cm³/mol. The highest BCUT2D eigenvalue weighted by molar-refractivity contribution is 5.90. The Bertz CT molecular complexity index is 809. The summed E-state index contributed by atoms with van der Waals surface area (Å²) in [6.07, 6.45) is 0.323. The maximum atomic E-state index is 12.3. The topological polar surface area (TPSA) is 97.1 Å². The molecular formula is C19H26N4O3. The highest BCUT2D eigenvalue weighted by Gasteiger charge is 2.27. The van der Waals surface area contributed by atoms with E-state index < -0.39 is 17.3 Å². The summed E-state index contributed by atoms with van der Waals surface area (Å²) in [6, 6.07) is 7.89. The van der Waals surface area contributed by atoms with Gasteiger partial charge < -0.3 is 10.4 Å². The molecule has 1 aromatic heterocycles. The van der Waals surface area contributed by atoms with Gasteiger partial charge in [-0.2, -0.15) is 0 Å². The Morgan fingerprint density at radius 3 is 2.54 bits per heavy atom. The number of aryl methyl sites for hydroxylation is 1. The zero-order valence-corrected chi connectivity index (χ0v) is 15.9. The molecule has 0 aliphatic carbocycles. The second kappa shape index (κ2) is 7.68. The largest absolute Gasteiger partial charge is 0.481 e. The highest BCUT2D eigenvalue weighted by Crippen LogP contribution is 2.23. The number of nitrogens with zero attached hydrogens (tertiary/aromatic N) is 3. The number of aromatic nitrogens is 3. The van der Waals surface area contributed by atoms with E-state index in [1.54, 1.807) is 25.5 Å². The Morgan fingerprint density at radius 1 is 1.27 bits per heavy atom. The first-order valence-electron chi connectivity index (χ1n) is 8.68. The van der Waals surface area contributed by atoms with Crippen LogP contribution in [0.3, 0.4) is 0 Å². The van der Waals surface area contributed by atoms with E-state index in [0.717, 1.165) is 11.3 Å². The van der Waals surface area contributed by atoms with Crippen LogP contribution in [-0.4, -0.2) is 38.3 Å². The minimum absolute atomic E-state index is 0.0780. The molecule has 2 aromatic rings. The summed E-state index contributed by atoms with van der Waals surface area (Å²) in [4.78, 5) is 27.7. The van der Waals surface area contributed by atoms with Gasteiger partial charge in [0.25, 0.3) is 5.91 Å². The second-order valence-corrected chi connectivity index (χ2v) is 7.30. The average molecular weight is 358 g/mol. The van der Waals surface area contributed by atoms with Crippen LogP contribution in [-0.2, 0) is 4.79 Å². The number of hydrogen-bond acceptors (Lipinski definition) is 4. The Morgan fingerprint density at radius 2 is 1.92 bits per heavy atom. The van der Waals surface area contributed by atoms with Gasteiger partial charge in [-0.3, -0.25) is 9.59 Å². The van der Waals surface area contributed by atoms with Crippen molar-refractivity contribution in [2.75, 3.05) is 6.54 Å². The molecule has 1 aromatic carbocycles. The molecule has 0 aliphatic rings. The van der Waals surface area contributed by atoms with E-state index in [1.807, 2.05) is 24.3 Å². The molecule has 7 heteroatoms. The van der Waals surface area contributed by atoms with Gasteiger partial charge in [-0.15, -0.1) is 5.10 Å². The van der Waals surface area contributed by atoms with Gasteiger partial charge in [-0.05, 0) is 44.7 Å².